The molecule has 106 valence electrons. The molecule has 0 N–H and O–H groups in total. The Balaban J connectivity index is 2.87. The van der Waals surface area contributed by atoms with E-state index in [1.807, 2.05) is 39.8 Å². The molecular weight excluding hydrogens is 260 g/mol. The zero-order valence-electron chi connectivity index (χ0n) is 12.2. The van der Waals surface area contributed by atoms with E-state index in [1.165, 1.54) is 0 Å². The van der Waals surface area contributed by atoms with Crippen LogP contribution in [0.2, 0.25) is 0 Å². The third-order valence-corrected chi connectivity index (χ3v) is 5.20. The maximum Gasteiger partial charge on any atom is 0.179 e. The first-order valence-corrected chi connectivity index (χ1v) is 7.80. The summed E-state index contributed by atoms with van der Waals surface area (Å²) in [6, 6.07) is 5.43. The number of ether oxygens (including phenoxy) is 1. The van der Waals surface area contributed by atoms with Gasteiger partial charge in [0.25, 0.3) is 0 Å². The van der Waals surface area contributed by atoms with Gasteiger partial charge in [-0.25, -0.2) is 0 Å². The number of Topliss-reactive ketones (excluding diaryl/α,β-unsaturated/α-hetero) is 1. The normalized spacial score (nSPS) is 14.2. The van der Waals surface area contributed by atoms with Crippen molar-refractivity contribution < 1.29 is 13.7 Å². The summed E-state index contributed by atoms with van der Waals surface area (Å²) in [6.45, 7) is 7.88. The Morgan fingerprint density at radius 1 is 1.32 bits per heavy atom. The number of carbonyl (C=O) groups excluding carboxylic acids is 1. The summed E-state index contributed by atoms with van der Waals surface area (Å²) in [6.07, 6.45) is 0. The van der Waals surface area contributed by atoms with Gasteiger partial charge in [0.05, 0.1) is 18.4 Å². The molecule has 0 amide bonds. The number of methoxy groups -OCH3 is 1. The van der Waals surface area contributed by atoms with E-state index < -0.39 is 10.8 Å². The number of carbonyl (C=O) groups is 1. The fourth-order valence-electron chi connectivity index (χ4n) is 1.67. The maximum absolute atomic E-state index is 12.2. The lowest BCUT2D eigenvalue weighted by Crippen LogP contribution is -2.24. The smallest absolute Gasteiger partial charge is 0.179 e. The first-order chi connectivity index (χ1) is 8.86. The van der Waals surface area contributed by atoms with E-state index in [0.717, 1.165) is 5.56 Å². The molecule has 0 saturated heterocycles. The lowest BCUT2D eigenvalue weighted by molar-refractivity contribution is 0.101. The van der Waals surface area contributed by atoms with Gasteiger partial charge in [-0.3, -0.25) is 9.00 Å². The summed E-state index contributed by atoms with van der Waals surface area (Å²) in [7, 11) is 0.395. The molecule has 2 unspecified atom stereocenters. The van der Waals surface area contributed by atoms with Crippen LogP contribution in [0, 0.1) is 12.8 Å². The Kier molecular flexibility index (Phi) is 5.73. The van der Waals surface area contributed by atoms with Crippen LogP contribution >= 0.6 is 0 Å². The van der Waals surface area contributed by atoms with E-state index in [4.69, 9.17) is 4.74 Å². The van der Waals surface area contributed by atoms with Gasteiger partial charge in [-0.15, -0.1) is 0 Å². The van der Waals surface area contributed by atoms with E-state index >= 15 is 0 Å². The largest absolute Gasteiger partial charge is 0.496 e. The second-order valence-corrected chi connectivity index (χ2v) is 6.89. The second kappa shape index (κ2) is 6.85. The van der Waals surface area contributed by atoms with Crippen molar-refractivity contribution >= 4 is 16.6 Å². The number of rotatable bonds is 6. The number of ketones is 1. The number of aryl methyl sites for hydroxylation is 1. The van der Waals surface area contributed by atoms with E-state index in [-0.39, 0.29) is 16.8 Å². The molecule has 3 nitrogen and oxygen atoms in total. The van der Waals surface area contributed by atoms with Crippen molar-refractivity contribution in [3.05, 3.63) is 29.3 Å². The quantitative estimate of drug-likeness (QED) is 0.753. The zero-order chi connectivity index (χ0) is 14.6. The molecule has 1 rings (SSSR count). The lowest BCUT2D eigenvalue weighted by atomic mass is 10.1. The van der Waals surface area contributed by atoms with E-state index in [2.05, 4.69) is 0 Å². The van der Waals surface area contributed by atoms with Crippen molar-refractivity contribution in [3.8, 4) is 5.75 Å². The van der Waals surface area contributed by atoms with E-state index in [1.54, 1.807) is 13.2 Å². The van der Waals surface area contributed by atoms with Crippen LogP contribution in [0.25, 0.3) is 0 Å². The van der Waals surface area contributed by atoms with Crippen molar-refractivity contribution in [3.63, 3.8) is 0 Å². The number of benzene rings is 1. The minimum Gasteiger partial charge on any atom is -0.496 e. The van der Waals surface area contributed by atoms with Gasteiger partial charge < -0.3 is 4.74 Å². The lowest BCUT2D eigenvalue weighted by Gasteiger charge is -2.15. The molecule has 0 fully saturated rings. The average Bonchev–Trinajstić information content (AvgIpc) is 2.36. The van der Waals surface area contributed by atoms with E-state index in [0.29, 0.717) is 17.2 Å². The molecule has 0 radical (unpaired) electrons. The molecule has 4 heteroatoms. The second-order valence-electron chi connectivity index (χ2n) is 5.10. The molecular formula is C15H22O3S. The van der Waals surface area contributed by atoms with Gasteiger partial charge in [-0.1, -0.05) is 26.8 Å². The summed E-state index contributed by atoms with van der Waals surface area (Å²) in [5, 5.41) is 0.0143. The molecule has 1 aromatic carbocycles. The van der Waals surface area contributed by atoms with Gasteiger partial charge in [-0.05, 0) is 30.5 Å². The topological polar surface area (TPSA) is 43.4 Å². The first kappa shape index (κ1) is 15.9. The molecule has 0 aliphatic rings. The summed E-state index contributed by atoms with van der Waals surface area (Å²) < 4.78 is 17.3. The fraction of sp³-hybridized carbons (Fsp3) is 0.533. The zero-order valence-corrected chi connectivity index (χ0v) is 13.0. The maximum atomic E-state index is 12.2. The van der Waals surface area contributed by atoms with Gasteiger partial charge in [-0.2, -0.15) is 0 Å². The summed E-state index contributed by atoms with van der Waals surface area (Å²) in [4.78, 5) is 12.2. The Morgan fingerprint density at radius 3 is 2.47 bits per heavy atom. The molecule has 0 bridgehead atoms. The van der Waals surface area contributed by atoms with Crippen LogP contribution in [0.1, 0.15) is 36.7 Å². The SMILES string of the molecule is COc1cc(C)ccc1C(=O)CS(=O)C(C)C(C)C. The average molecular weight is 282 g/mol. The predicted octanol–water partition coefficient (Wildman–Crippen LogP) is 2.98. The highest BCUT2D eigenvalue weighted by atomic mass is 32.2. The molecule has 0 aromatic heterocycles. The Hall–Kier alpha value is -1.16. The van der Waals surface area contributed by atoms with Crippen molar-refractivity contribution in [1.29, 1.82) is 0 Å². The summed E-state index contributed by atoms with van der Waals surface area (Å²) >= 11 is 0. The number of hydrogen-bond donors (Lipinski definition) is 0. The summed E-state index contributed by atoms with van der Waals surface area (Å²) in [5.41, 5.74) is 1.54. The van der Waals surface area contributed by atoms with Gasteiger partial charge >= 0.3 is 0 Å². The van der Waals surface area contributed by atoms with Gasteiger partial charge in [0.1, 0.15) is 5.75 Å². The molecule has 0 saturated carbocycles. The van der Waals surface area contributed by atoms with Crippen LogP contribution in [0.4, 0.5) is 0 Å². The summed E-state index contributed by atoms with van der Waals surface area (Å²) in [5.74, 6) is 0.786. The van der Waals surface area contributed by atoms with Crippen LogP contribution in [0.5, 0.6) is 5.75 Å². The third-order valence-electron chi connectivity index (χ3n) is 3.28. The van der Waals surface area contributed by atoms with Crippen LogP contribution in [-0.4, -0.2) is 28.1 Å². The van der Waals surface area contributed by atoms with Crippen molar-refractivity contribution in [1.82, 2.24) is 0 Å². The minimum atomic E-state index is -1.15. The van der Waals surface area contributed by atoms with Crippen molar-refractivity contribution in [2.45, 2.75) is 32.9 Å². The van der Waals surface area contributed by atoms with Crippen molar-refractivity contribution in [2.24, 2.45) is 5.92 Å². The van der Waals surface area contributed by atoms with Gasteiger partial charge in [0.15, 0.2) is 5.78 Å². The highest BCUT2D eigenvalue weighted by Gasteiger charge is 2.20. The highest BCUT2D eigenvalue weighted by molar-refractivity contribution is 7.86. The van der Waals surface area contributed by atoms with Crippen LogP contribution in [-0.2, 0) is 10.8 Å². The Labute approximate surface area is 117 Å². The molecule has 19 heavy (non-hydrogen) atoms. The first-order valence-electron chi connectivity index (χ1n) is 6.41. The third kappa shape index (κ3) is 4.16. The molecule has 0 heterocycles. The Bertz CT molecular complexity index is 480. The predicted molar refractivity (Wildman–Crippen MR) is 79.4 cm³/mol. The van der Waals surface area contributed by atoms with E-state index in [9.17, 15) is 9.00 Å². The van der Waals surface area contributed by atoms with Gasteiger partial charge in [0.2, 0.25) is 0 Å². The molecule has 2 atom stereocenters. The standard InChI is InChI=1S/C15H22O3S/c1-10(2)12(4)19(17)9-14(16)13-7-6-11(3)8-15(13)18-5/h6-8,10,12H,9H2,1-5H3. The molecule has 0 aliphatic heterocycles. The van der Waals surface area contributed by atoms with Crippen molar-refractivity contribution in [2.75, 3.05) is 12.9 Å². The van der Waals surface area contributed by atoms with Crippen LogP contribution in [0.3, 0.4) is 0 Å². The minimum absolute atomic E-state index is 0.0143. The molecule has 0 aliphatic carbocycles. The fourth-order valence-corrected chi connectivity index (χ4v) is 2.95. The number of hydrogen-bond acceptors (Lipinski definition) is 3. The molecule has 0 spiro atoms. The monoisotopic (exact) mass is 282 g/mol. The molecule has 1 aromatic rings. The Morgan fingerprint density at radius 2 is 1.95 bits per heavy atom. The van der Waals surface area contributed by atoms with Gasteiger partial charge in [0, 0.05) is 16.0 Å². The van der Waals surface area contributed by atoms with Crippen LogP contribution in [0.15, 0.2) is 18.2 Å². The van der Waals surface area contributed by atoms with Crippen LogP contribution < -0.4 is 4.74 Å². The highest BCUT2D eigenvalue weighted by Crippen LogP contribution is 2.21.